The first-order valence-electron chi connectivity index (χ1n) is 3.86. The van der Waals surface area contributed by atoms with E-state index in [1.165, 1.54) is 7.11 Å². The number of nitriles is 1. The van der Waals surface area contributed by atoms with Crippen LogP contribution in [0.25, 0.3) is 0 Å². The van der Waals surface area contributed by atoms with Crippen LogP contribution in [-0.4, -0.2) is 18.1 Å². The third-order valence-electron chi connectivity index (χ3n) is 1.72. The van der Waals surface area contributed by atoms with Crippen LogP contribution in [0.4, 0.5) is 0 Å². The fourth-order valence-electron chi connectivity index (χ4n) is 1.00. The predicted octanol–water partition coefficient (Wildman–Crippen LogP) is 1.33. The van der Waals surface area contributed by atoms with Gasteiger partial charge in [0.05, 0.1) is 13.5 Å². The van der Waals surface area contributed by atoms with Crippen LogP contribution in [0.3, 0.4) is 0 Å². The maximum absolute atomic E-state index is 11.0. The van der Waals surface area contributed by atoms with E-state index in [1.807, 2.05) is 6.07 Å². The summed E-state index contributed by atoms with van der Waals surface area (Å²) in [5.74, 6) is -0.410. The summed E-state index contributed by atoms with van der Waals surface area (Å²) in [6, 6.07) is 3.57. The topological polar surface area (TPSA) is 65.9 Å². The number of methoxy groups -OCH3 is 1. The largest absolute Gasteiger partial charge is 0.469 e. The molecule has 4 nitrogen and oxygen atoms in total. The molecule has 0 amide bonds. The normalized spacial score (nSPS) is 9.14. The minimum absolute atomic E-state index is 0.0234. The van der Waals surface area contributed by atoms with E-state index in [0.29, 0.717) is 15.8 Å². The van der Waals surface area contributed by atoms with E-state index in [2.05, 4.69) is 9.72 Å². The summed E-state index contributed by atoms with van der Waals surface area (Å²) in [5, 5.41) is 8.75. The zero-order valence-corrected chi connectivity index (χ0v) is 8.35. The van der Waals surface area contributed by atoms with E-state index in [4.69, 9.17) is 17.5 Å². The SMILES string of the molecule is COC(=O)Cc1c(C#N)[nH]ccc1=S. The van der Waals surface area contributed by atoms with Crippen LogP contribution in [0.5, 0.6) is 0 Å². The summed E-state index contributed by atoms with van der Waals surface area (Å²) < 4.78 is 4.99. The van der Waals surface area contributed by atoms with Gasteiger partial charge in [-0.1, -0.05) is 12.2 Å². The van der Waals surface area contributed by atoms with Gasteiger partial charge in [0.25, 0.3) is 0 Å². The highest BCUT2D eigenvalue weighted by molar-refractivity contribution is 7.71. The lowest BCUT2D eigenvalue weighted by atomic mass is 10.1. The molecule has 0 spiro atoms. The van der Waals surface area contributed by atoms with E-state index in [-0.39, 0.29) is 6.42 Å². The molecule has 0 unspecified atom stereocenters. The molecule has 1 aromatic rings. The molecule has 1 rings (SSSR count). The Morgan fingerprint density at radius 3 is 3.07 bits per heavy atom. The van der Waals surface area contributed by atoms with Gasteiger partial charge in [0.1, 0.15) is 11.8 Å². The lowest BCUT2D eigenvalue weighted by molar-refractivity contribution is -0.139. The standard InChI is InChI=1S/C9H8N2O2S/c1-13-9(12)4-6-7(5-10)11-3-2-8(6)14/h2-3H,4H2,1H3,(H,11,14). The van der Waals surface area contributed by atoms with Gasteiger partial charge < -0.3 is 9.72 Å². The second-order valence-electron chi connectivity index (χ2n) is 2.56. The maximum Gasteiger partial charge on any atom is 0.310 e. The van der Waals surface area contributed by atoms with Crippen molar-refractivity contribution in [1.82, 2.24) is 4.98 Å². The van der Waals surface area contributed by atoms with Crippen LogP contribution in [0.15, 0.2) is 12.3 Å². The first kappa shape index (κ1) is 10.4. The Balaban J connectivity index is 3.13. The summed E-state index contributed by atoms with van der Waals surface area (Å²) in [7, 11) is 1.30. The molecule has 0 aliphatic rings. The molecule has 14 heavy (non-hydrogen) atoms. The quantitative estimate of drug-likeness (QED) is 0.588. The number of ether oxygens (including phenoxy) is 1. The van der Waals surface area contributed by atoms with Gasteiger partial charge in [0.2, 0.25) is 0 Å². The molecular weight excluding hydrogens is 200 g/mol. The van der Waals surface area contributed by atoms with E-state index in [9.17, 15) is 4.79 Å². The van der Waals surface area contributed by atoms with Crippen LogP contribution in [0.1, 0.15) is 11.3 Å². The summed E-state index contributed by atoms with van der Waals surface area (Å²) in [4.78, 5) is 13.7. The summed E-state index contributed by atoms with van der Waals surface area (Å²) in [6.07, 6.45) is 1.59. The molecular formula is C9H8N2O2S. The molecule has 0 atom stereocenters. The Hall–Kier alpha value is -1.67. The van der Waals surface area contributed by atoms with Gasteiger partial charge in [0, 0.05) is 16.3 Å². The first-order chi connectivity index (χ1) is 6.69. The fourth-order valence-corrected chi connectivity index (χ4v) is 1.25. The van der Waals surface area contributed by atoms with Crippen molar-refractivity contribution < 1.29 is 9.53 Å². The minimum Gasteiger partial charge on any atom is -0.469 e. The number of H-pyrrole nitrogens is 1. The molecule has 72 valence electrons. The zero-order valence-electron chi connectivity index (χ0n) is 7.53. The lowest BCUT2D eigenvalue weighted by Crippen LogP contribution is -2.07. The maximum atomic E-state index is 11.0. The van der Waals surface area contributed by atoms with E-state index in [1.54, 1.807) is 12.3 Å². The van der Waals surface area contributed by atoms with Gasteiger partial charge >= 0.3 is 5.97 Å². The summed E-state index contributed by atoms with van der Waals surface area (Å²) >= 11 is 4.99. The van der Waals surface area contributed by atoms with Crippen molar-refractivity contribution in [3.63, 3.8) is 0 Å². The second kappa shape index (κ2) is 4.53. The number of esters is 1. The number of carbonyl (C=O) groups excluding carboxylic acids is 1. The minimum atomic E-state index is -0.410. The van der Waals surface area contributed by atoms with Crippen molar-refractivity contribution in [3.05, 3.63) is 28.0 Å². The summed E-state index contributed by atoms with van der Waals surface area (Å²) in [5.41, 5.74) is 0.819. The van der Waals surface area contributed by atoms with E-state index < -0.39 is 5.97 Å². The molecule has 1 aromatic heterocycles. The average molecular weight is 208 g/mol. The monoisotopic (exact) mass is 208 g/mol. The van der Waals surface area contributed by atoms with Crippen molar-refractivity contribution in [2.24, 2.45) is 0 Å². The van der Waals surface area contributed by atoms with Crippen LogP contribution in [-0.2, 0) is 16.0 Å². The van der Waals surface area contributed by atoms with E-state index >= 15 is 0 Å². The predicted molar refractivity (Wildman–Crippen MR) is 52.1 cm³/mol. The number of rotatable bonds is 2. The Morgan fingerprint density at radius 1 is 1.79 bits per heavy atom. The molecule has 0 aliphatic heterocycles. The third-order valence-corrected chi connectivity index (χ3v) is 2.10. The number of nitrogens with one attached hydrogen (secondary N) is 1. The van der Waals surface area contributed by atoms with Gasteiger partial charge in [-0.3, -0.25) is 4.79 Å². The Labute approximate surface area is 86.1 Å². The first-order valence-corrected chi connectivity index (χ1v) is 4.27. The van der Waals surface area contributed by atoms with Crippen molar-refractivity contribution in [1.29, 1.82) is 5.26 Å². The molecule has 0 saturated carbocycles. The molecule has 1 N–H and O–H groups in total. The number of nitrogens with zero attached hydrogens (tertiary/aromatic N) is 1. The molecule has 5 heteroatoms. The van der Waals surface area contributed by atoms with Gasteiger partial charge in [-0.25, -0.2) is 0 Å². The van der Waals surface area contributed by atoms with Crippen LogP contribution >= 0.6 is 12.2 Å². The van der Waals surface area contributed by atoms with Crippen LogP contribution < -0.4 is 0 Å². The molecule has 0 radical (unpaired) electrons. The number of pyridine rings is 1. The Morgan fingerprint density at radius 2 is 2.50 bits per heavy atom. The van der Waals surface area contributed by atoms with Crippen molar-refractivity contribution >= 4 is 18.2 Å². The van der Waals surface area contributed by atoms with Gasteiger partial charge in [-0.2, -0.15) is 5.26 Å². The zero-order chi connectivity index (χ0) is 10.6. The number of carbonyl (C=O) groups is 1. The Bertz CT molecular complexity index is 445. The van der Waals surface area contributed by atoms with E-state index in [0.717, 1.165) is 0 Å². The molecule has 0 aromatic carbocycles. The van der Waals surface area contributed by atoms with Crippen molar-refractivity contribution in [3.8, 4) is 6.07 Å². The van der Waals surface area contributed by atoms with Crippen molar-refractivity contribution in [2.45, 2.75) is 6.42 Å². The number of aromatic nitrogens is 1. The average Bonchev–Trinajstić information content (AvgIpc) is 2.20. The molecule has 0 aliphatic carbocycles. The highest BCUT2D eigenvalue weighted by atomic mass is 32.1. The number of hydrogen-bond donors (Lipinski definition) is 1. The van der Waals surface area contributed by atoms with Gasteiger partial charge in [-0.05, 0) is 6.07 Å². The summed E-state index contributed by atoms with van der Waals surface area (Å²) in [6.45, 7) is 0. The highest BCUT2D eigenvalue weighted by Crippen LogP contribution is 2.08. The highest BCUT2D eigenvalue weighted by Gasteiger charge is 2.09. The van der Waals surface area contributed by atoms with Gasteiger partial charge in [-0.15, -0.1) is 0 Å². The smallest absolute Gasteiger partial charge is 0.310 e. The second-order valence-corrected chi connectivity index (χ2v) is 3.00. The molecule has 0 fully saturated rings. The Kier molecular flexibility index (Phi) is 3.37. The molecule has 0 bridgehead atoms. The molecule has 0 saturated heterocycles. The van der Waals surface area contributed by atoms with Gasteiger partial charge in [0.15, 0.2) is 0 Å². The molecule has 1 heterocycles. The van der Waals surface area contributed by atoms with Crippen LogP contribution in [0, 0.1) is 15.8 Å². The lowest BCUT2D eigenvalue weighted by Gasteiger charge is -2.01. The van der Waals surface area contributed by atoms with Crippen LogP contribution in [0.2, 0.25) is 0 Å². The fraction of sp³-hybridized carbons (Fsp3) is 0.222. The van der Waals surface area contributed by atoms with Crippen molar-refractivity contribution in [2.75, 3.05) is 7.11 Å². The number of aromatic amines is 1. The number of hydrogen-bond acceptors (Lipinski definition) is 4. The third kappa shape index (κ3) is 2.18.